The number of halogens is 1. The Morgan fingerprint density at radius 3 is 2.62 bits per heavy atom. The van der Waals surface area contributed by atoms with Gasteiger partial charge >= 0.3 is 0 Å². The predicted octanol–water partition coefficient (Wildman–Crippen LogP) is 1.75. The summed E-state index contributed by atoms with van der Waals surface area (Å²) in [6.45, 7) is 0. The molecule has 0 saturated carbocycles. The van der Waals surface area contributed by atoms with Gasteiger partial charge in [-0.2, -0.15) is 0 Å². The maximum Gasteiger partial charge on any atom is 0.282 e. The van der Waals surface area contributed by atoms with E-state index in [0.29, 0.717) is 10.8 Å². The van der Waals surface area contributed by atoms with Gasteiger partial charge in [0.2, 0.25) is 0 Å². The summed E-state index contributed by atoms with van der Waals surface area (Å²) in [6, 6.07) is 2.47. The van der Waals surface area contributed by atoms with Crippen LogP contribution in [0.15, 0.2) is 16.6 Å². The van der Waals surface area contributed by atoms with Crippen LogP contribution in [0.3, 0.4) is 0 Å². The molecule has 1 rings (SSSR count). The van der Waals surface area contributed by atoms with Crippen molar-refractivity contribution in [1.29, 1.82) is 0 Å². The first-order valence-electron chi connectivity index (χ1n) is 3.25. The molecule has 0 saturated heterocycles. The maximum atomic E-state index is 10.4. The third-order valence-corrected chi connectivity index (χ3v) is 2.16. The van der Waals surface area contributed by atoms with Crippen LogP contribution in [0.2, 0.25) is 0 Å². The second kappa shape index (κ2) is 3.53. The number of rotatable bonds is 2. The number of nitrogens with zero attached hydrogens (tertiary/aromatic N) is 1. The molecule has 5 nitrogen and oxygen atoms in total. The highest BCUT2D eigenvalue weighted by molar-refractivity contribution is 9.10. The van der Waals surface area contributed by atoms with Crippen LogP contribution < -0.4 is 5.73 Å². The molecule has 1 aromatic carbocycles. The highest BCUT2D eigenvalue weighted by atomic mass is 79.9. The lowest BCUT2D eigenvalue weighted by atomic mass is 10.2. The Morgan fingerprint density at radius 1 is 1.54 bits per heavy atom. The van der Waals surface area contributed by atoms with E-state index >= 15 is 0 Å². The number of hydrogen-bond donors (Lipinski definition) is 1. The molecule has 2 N–H and O–H groups in total. The summed E-state index contributed by atoms with van der Waals surface area (Å²) in [4.78, 5) is 20.2. The number of nitrogens with two attached hydrogens (primary N) is 1. The minimum atomic E-state index is -0.646. The number of aldehydes is 1. The molecule has 0 aliphatic heterocycles. The molecule has 0 radical (unpaired) electrons. The second-order valence-electron chi connectivity index (χ2n) is 2.31. The van der Waals surface area contributed by atoms with Gasteiger partial charge in [-0.3, -0.25) is 14.9 Å². The van der Waals surface area contributed by atoms with Crippen molar-refractivity contribution in [3.63, 3.8) is 0 Å². The largest absolute Gasteiger partial charge is 0.398 e. The molecule has 0 fully saturated rings. The minimum Gasteiger partial charge on any atom is -0.398 e. The topological polar surface area (TPSA) is 86.2 Å². The Hall–Kier alpha value is -1.43. The van der Waals surface area contributed by atoms with E-state index in [1.54, 1.807) is 0 Å². The summed E-state index contributed by atoms with van der Waals surface area (Å²) < 4.78 is 0.472. The van der Waals surface area contributed by atoms with Gasteiger partial charge in [-0.1, -0.05) is 0 Å². The molecule has 13 heavy (non-hydrogen) atoms. The Morgan fingerprint density at radius 2 is 2.15 bits per heavy atom. The van der Waals surface area contributed by atoms with Gasteiger partial charge in [0, 0.05) is 10.5 Å². The van der Waals surface area contributed by atoms with Crippen LogP contribution in [0.4, 0.5) is 11.4 Å². The molecule has 6 heteroatoms. The van der Waals surface area contributed by atoms with Crippen molar-refractivity contribution >= 4 is 33.6 Å². The first-order chi connectivity index (χ1) is 6.06. The highest BCUT2D eigenvalue weighted by Gasteiger charge is 2.15. The molecule has 0 aromatic heterocycles. The zero-order valence-electron chi connectivity index (χ0n) is 6.36. The van der Waals surface area contributed by atoms with Crippen LogP contribution in [-0.4, -0.2) is 11.2 Å². The SMILES string of the molecule is Nc1cc([N+](=O)[O-])c(C=O)cc1Br. The van der Waals surface area contributed by atoms with Gasteiger partial charge in [-0.05, 0) is 22.0 Å². The summed E-state index contributed by atoms with van der Waals surface area (Å²) in [5.74, 6) is 0. The van der Waals surface area contributed by atoms with Crippen molar-refractivity contribution in [2.24, 2.45) is 0 Å². The van der Waals surface area contributed by atoms with Gasteiger partial charge in [-0.15, -0.1) is 0 Å². The number of carbonyl (C=O) groups is 1. The second-order valence-corrected chi connectivity index (χ2v) is 3.16. The monoisotopic (exact) mass is 244 g/mol. The predicted molar refractivity (Wildman–Crippen MR) is 50.6 cm³/mol. The maximum absolute atomic E-state index is 10.4. The summed E-state index contributed by atoms with van der Waals surface area (Å²) >= 11 is 3.06. The van der Waals surface area contributed by atoms with E-state index in [2.05, 4.69) is 15.9 Å². The van der Waals surface area contributed by atoms with E-state index in [9.17, 15) is 14.9 Å². The Balaban J connectivity index is 3.41. The molecular formula is C7H5BrN2O3. The molecule has 1 aromatic rings. The van der Waals surface area contributed by atoms with E-state index < -0.39 is 4.92 Å². The zero-order valence-corrected chi connectivity index (χ0v) is 7.95. The van der Waals surface area contributed by atoms with Crippen molar-refractivity contribution < 1.29 is 9.72 Å². The molecule has 0 atom stereocenters. The lowest BCUT2D eigenvalue weighted by Crippen LogP contribution is -1.97. The third kappa shape index (κ3) is 1.83. The summed E-state index contributed by atoms with van der Waals surface area (Å²) in [5.41, 5.74) is 5.37. The number of carbonyl (C=O) groups excluding carboxylic acids is 1. The van der Waals surface area contributed by atoms with Crippen molar-refractivity contribution in [1.82, 2.24) is 0 Å². The summed E-state index contributed by atoms with van der Waals surface area (Å²) in [7, 11) is 0. The van der Waals surface area contributed by atoms with E-state index in [-0.39, 0.29) is 16.9 Å². The fraction of sp³-hybridized carbons (Fsp3) is 0. The summed E-state index contributed by atoms with van der Waals surface area (Å²) in [6.07, 6.45) is 0.419. The van der Waals surface area contributed by atoms with Gasteiger partial charge in [0.1, 0.15) is 0 Å². The fourth-order valence-electron chi connectivity index (χ4n) is 0.846. The van der Waals surface area contributed by atoms with Crippen LogP contribution >= 0.6 is 15.9 Å². The van der Waals surface area contributed by atoms with Crippen molar-refractivity contribution in [3.05, 3.63) is 32.3 Å². The normalized spacial score (nSPS) is 9.62. The van der Waals surface area contributed by atoms with Gasteiger partial charge < -0.3 is 5.73 Å². The average Bonchev–Trinajstić information content (AvgIpc) is 2.08. The molecule has 68 valence electrons. The standard InChI is InChI=1S/C7H5BrN2O3/c8-5-1-4(3-11)7(10(12)13)2-6(5)9/h1-3H,9H2. The van der Waals surface area contributed by atoms with Crippen LogP contribution in [0.25, 0.3) is 0 Å². The number of nitrogen functional groups attached to an aromatic ring is 1. The van der Waals surface area contributed by atoms with Crippen LogP contribution in [0.1, 0.15) is 10.4 Å². The fourth-order valence-corrected chi connectivity index (χ4v) is 1.21. The van der Waals surface area contributed by atoms with E-state index in [1.165, 1.54) is 6.07 Å². The Kier molecular flexibility index (Phi) is 2.62. The van der Waals surface area contributed by atoms with Crippen molar-refractivity contribution in [2.45, 2.75) is 0 Å². The molecule has 0 bridgehead atoms. The molecule has 0 unspecified atom stereocenters. The van der Waals surface area contributed by atoms with Crippen LogP contribution in [0, 0.1) is 10.1 Å². The van der Waals surface area contributed by atoms with E-state index in [4.69, 9.17) is 5.73 Å². The smallest absolute Gasteiger partial charge is 0.282 e. The lowest BCUT2D eigenvalue weighted by molar-refractivity contribution is -0.385. The van der Waals surface area contributed by atoms with Crippen LogP contribution in [-0.2, 0) is 0 Å². The van der Waals surface area contributed by atoms with Crippen LogP contribution in [0.5, 0.6) is 0 Å². The molecular weight excluding hydrogens is 240 g/mol. The first-order valence-corrected chi connectivity index (χ1v) is 4.04. The van der Waals surface area contributed by atoms with Gasteiger partial charge in [0.05, 0.1) is 16.2 Å². The quantitative estimate of drug-likeness (QED) is 0.372. The molecule has 0 amide bonds. The van der Waals surface area contributed by atoms with E-state index in [0.717, 1.165) is 6.07 Å². The highest BCUT2D eigenvalue weighted by Crippen LogP contribution is 2.27. The van der Waals surface area contributed by atoms with Gasteiger partial charge in [-0.25, -0.2) is 0 Å². The molecule has 0 aliphatic carbocycles. The van der Waals surface area contributed by atoms with Crippen molar-refractivity contribution in [3.8, 4) is 0 Å². The Labute approximate surface area is 81.8 Å². The first kappa shape index (κ1) is 9.66. The van der Waals surface area contributed by atoms with Crippen molar-refractivity contribution in [2.75, 3.05) is 5.73 Å². The third-order valence-electron chi connectivity index (χ3n) is 1.47. The average molecular weight is 245 g/mol. The van der Waals surface area contributed by atoms with Gasteiger partial charge in [0.25, 0.3) is 5.69 Å². The number of anilines is 1. The molecule has 0 heterocycles. The number of hydrogen-bond acceptors (Lipinski definition) is 4. The number of benzene rings is 1. The Bertz CT molecular complexity index is 378. The number of nitro groups is 1. The molecule has 0 aliphatic rings. The van der Waals surface area contributed by atoms with E-state index in [1.807, 2.05) is 0 Å². The summed E-state index contributed by atoms with van der Waals surface area (Å²) in [5, 5.41) is 10.4. The van der Waals surface area contributed by atoms with Gasteiger partial charge in [0.15, 0.2) is 6.29 Å². The minimum absolute atomic E-state index is 0.00563. The zero-order chi connectivity index (χ0) is 10.0. The number of nitro benzene ring substituents is 1. The molecule has 0 spiro atoms. The lowest BCUT2D eigenvalue weighted by Gasteiger charge is -1.99.